The maximum absolute atomic E-state index is 6.05. The largest absolute Gasteiger partial charge is 0.491 e. The Bertz CT molecular complexity index is 821. The van der Waals surface area contributed by atoms with Gasteiger partial charge in [-0.3, -0.25) is 0 Å². The van der Waals surface area contributed by atoms with Crippen molar-refractivity contribution in [3.05, 3.63) is 57.8 Å². The van der Waals surface area contributed by atoms with Gasteiger partial charge in [-0.15, -0.1) is 11.3 Å². The summed E-state index contributed by atoms with van der Waals surface area (Å²) in [5.41, 5.74) is 4.03. The highest BCUT2D eigenvalue weighted by Gasteiger charge is 2.39. The van der Waals surface area contributed by atoms with E-state index in [1.807, 2.05) is 11.3 Å². The molecule has 1 fully saturated rings. The second-order valence-corrected chi connectivity index (χ2v) is 8.59. The molecule has 2 aliphatic heterocycles. The van der Waals surface area contributed by atoms with E-state index in [0.717, 1.165) is 31.6 Å². The van der Waals surface area contributed by atoms with E-state index in [9.17, 15) is 0 Å². The smallest absolute Gasteiger partial charge is 0.119 e. The fraction of sp³-hybridized carbons (Fsp3) is 0.455. The minimum Gasteiger partial charge on any atom is -0.491 e. The molecule has 2 aromatic rings. The fourth-order valence-corrected chi connectivity index (χ4v) is 5.64. The van der Waals surface area contributed by atoms with Crippen LogP contribution in [0.25, 0.3) is 0 Å². The summed E-state index contributed by atoms with van der Waals surface area (Å²) in [6.07, 6.45) is 8.41. The summed E-state index contributed by atoms with van der Waals surface area (Å²) >= 11 is 1.88. The maximum atomic E-state index is 6.05. The highest BCUT2D eigenvalue weighted by molar-refractivity contribution is 7.10. The van der Waals surface area contributed by atoms with Crippen LogP contribution in [0.2, 0.25) is 0 Å². The average Bonchev–Trinajstić information content (AvgIpc) is 3.41. The van der Waals surface area contributed by atoms with E-state index in [4.69, 9.17) is 9.47 Å². The van der Waals surface area contributed by atoms with Crippen LogP contribution < -0.4 is 10.1 Å². The number of thiophene rings is 1. The predicted octanol–water partition coefficient (Wildman–Crippen LogP) is 5.44. The Balaban J connectivity index is 1.41. The topological polar surface area (TPSA) is 30.5 Å². The van der Waals surface area contributed by atoms with Crippen LogP contribution in [0.4, 0.5) is 5.69 Å². The zero-order chi connectivity index (χ0) is 17.5. The summed E-state index contributed by atoms with van der Waals surface area (Å²) in [7, 11) is 0. The summed E-state index contributed by atoms with van der Waals surface area (Å²) in [5.74, 6) is 2.03. The van der Waals surface area contributed by atoms with Gasteiger partial charge in [0, 0.05) is 23.1 Å². The molecule has 5 rings (SSSR count). The lowest BCUT2D eigenvalue weighted by molar-refractivity contribution is 0.0679. The average molecular weight is 368 g/mol. The monoisotopic (exact) mass is 367 g/mol. The van der Waals surface area contributed by atoms with Gasteiger partial charge < -0.3 is 14.8 Å². The Morgan fingerprint density at radius 3 is 3.08 bits per heavy atom. The zero-order valence-corrected chi connectivity index (χ0v) is 15.9. The van der Waals surface area contributed by atoms with Crippen LogP contribution in [0.1, 0.15) is 47.2 Å². The molecule has 0 spiro atoms. The first-order valence-corrected chi connectivity index (χ1v) is 10.5. The molecular formula is C22H25NO2S. The van der Waals surface area contributed by atoms with E-state index in [-0.39, 0.29) is 6.10 Å². The van der Waals surface area contributed by atoms with Crippen LogP contribution >= 0.6 is 11.3 Å². The van der Waals surface area contributed by atoms with Crippen molar-refractivity contribution in [2.75, 3.05) is 18.5 Å². The number of hydrogen-bond donors (Lipinski definition) is 1. The van der Waals surface area contributed by atoms with E-state index in [1.54, 1.807) is 0 Å². The minimum atomic E-state index is 0.259. The van der Waals surface area contributed by atoms with Gasteiger partial charge in [-0.2, -0.15) is 0 Å². The second-order valence-electron chi connectivity index (χ2n) is 7.64. The molecule has 3 aliphatic rings. The summed E-state index contributed by atoms with van der Waals surface area (Å²) in [4.78, 5) is 1.48. The van der Waals surface area contributed by atoms with E-state index in [0.29, 0.717) is 24.5 Å². The SMILES string of the molecule is Cc1ccsc1C1Nc2ccc(OCC3CCCO3)cc2C2C=CCC21. The first kappa shape index (κ1) is 16.4. The standard InChI is InChI=1S/C22H25NO2S/c1-14-9-11-26-22(14)21-18-6-2-5-17(18)19-12-15(7-8-20(19)23-21)25-13-16-4-3-10-24-16/h2,5,7-9,11-12,16-18,21,23H,3-4,6,10,13H2,1H3. The van der Waals surface area contributed by atoms with Gasteiger partial charge in [0.1, 0.15) is 12.4 Å². The number of rotatable bonds is 4. The number of anilines is 1. The van der Waals surface area contributed by atoms with Gasteiger partial charge in [0.2, 0.25) is 0 Å². The molecule has 4 atom stereocenters. The van der Waals surface area contributed by atoms with Crippen LogP contribution in [-0.2, 0) is 4.74 Å². The molecule has 3 nitrogen and oxygen atoms in total. The maximum Gasteiger partial charge on any atom is 0.119 e. The molecule has 1 N–H and O–H groups in total. The lowest BCUT2D eigenvalue weighted by atomic mass is 9.78. The van der Waals surface area contributed by atoms with Gasteiger partial charge in [0.25, 0.3) is 0 Å². The molecule has 3 heterocycles. The second kappa shape index (κ2) is 6.75. The Morgan fingerprint density at radius 1 is 1.31 bits per heavy atom. The van der Waals surface area contributed by atoms with E-state index >= 15 is 0 Å². The molecule has 1 aromatic heterocycles. The van der Waals surface area contributed by atoms with Crippen molar-refractivity contribution in [2.45, 2.75) is 44.2 Å². The number of hydrogen-bond acceptors (Lipinski definition) is 4. The van der Waals surface area contributed by atoms with Crippen LogP contribution in [-0.4, -0.2) is 19.3 Å². The Morgan fingerprint density at radius 2 is 2.27 bits per heavy atom. The molecular weight excluding hydrogens is 342 g/mol. The number of aryl methyl sites for hydroxylation is 1. The molecule has 26 heavy (non-hydrogen) atoms. The lowest BCUT2D eigenvalue weighted by Crippen LogP contribution is -2.29. The highest BCUT2D eigenvalue weighted by atomic mass is 32.1. The van der Waals surface area contributed by atoms with E-state index < -0.39 is 0 Å². The van der Waals surface area contributed by atoms with Gasteiger partial charge in [-0.25, -0.2) is 0 Å². The molecule has 1 aromatic carbocycles. The zero-order valence-electron chi connectivity index (χ0n) is 15.1. The van der Waals surface area contributed by atoms with Crippen LogP contribution in [0.3, 0.4) is 0 Å². The Kier molecular flexibility index (Phi) is 4.26. The van der Waals surface area contributed by atoms with Gasteiger partial charge in [0.15, 0.2) is 0 Å². The molecule has 136 valence electrons. The molecule has 0 radical (unpaired) electrons. The number of ether oxygens (including phenoxy) is 2. The highest BCUT2D eigenvalue weighted by Crippen LogP contribution is 2.51. The number of allylic oxidation sites excluding steroid dienone is 2. The third-order valence-electron chi connectivity index (χ3n) is 5.98. The third-order valence-corrected chi connectivity index (χ3v) is 7.08. The van der Waals surface area contributed by atoms with Crippen molar-refractivity contribution in [3.63, 3.8) is 0 Å². The number of benzene rings is 1. The van der Waals surface area contributed by atoms with Crippen molar-refractivity contribution in [1.29, 1.82) is 0 Å². The van der Waals surface area contributed by atoms with Crippen molar-refractivity contribution in [1.82, 2.24) is 0 Å². The summed E-state index contributed by atoms with van der Waals surface area (Å²) in [6.45, 7) is 3.76. The third kappa shape index (κ3) is 2.85. The first-order valence-electron chi connectivity index (χ1n) is 9.65. The minimum absolute atomic E-state index is 0.259. The summed E-state index contributed by atoms with van der Waals surface area (Å²) < 4.78 is 11.7. The van der Waals surface area contributed by atoms with Gasteiger partial charge >= 0.3 is 0 Å². The number of fused-ring (bicyclic) bond motifs is 3. The molecule has 0 amide bonds. The summed E-state index contributed by atoms with van der Waals surface area (Å²) in [5, 5.41) is 6.04. The molecule has 0 bridgehead atoms. The van der Waals surface area contributed by atoms with Gasteiger partial charge in [0.05, 0.1) is 12.1 Å². The normalized spacial score (nSPS) is 29.3. The molecule has 4 heteroatoms. The van der Waals surface area contributed by atoms with Crippen LogP contribution in [0.5, 0.6) is 5.75 Å². The van der Waals surface area contributed by atoms with Crippen molar-refractivity contribution >= 4 is 17.0 Å². The Hall–Kier alpha value is -1.78. The van der Waals surface area contributed by atoms with E-state index in [2.05, 4.69) is 54.0 Å². The molecule has 1 aliphatic carbocycles. The van der Waals surface area contributed by atoms with E-state index in [1.165, 1.54) is 21.7 Å². The Labute approximate surface area is 159 Å². The quantitative estimate of drug-likeness (QED) is 0.730. The van der Waals surface area contributed by atoms with Crippen molar-refractivity contribution in [2.24, 2.45) is 5.92 Å². The molecule has 4 unspecified atom stereocenters. The van der Waals surface area contributed by atoms with Crippen molar-refractivity contribution < 1.29 is 9.47 Å². The number of nitrogens with one attached hydrogen (secondary N) is 1. The van der Waals surface area contributed by atoms with Gasteiger partial charge in [-0.1, -0.05) is 12.2 Å². The summed E-state index contributed by atoms with van der Waals surface area (Å²) in [6, 6.07) is 9.16. The van der Waals surface area contributed by atoms with Gasteiger partial charge in [-0.05, 0) is 72.9 Å². The molecule has 1 saturated heterocycles. The predicted molar refractivity (Wildman–Crippen MR) is 106 cm³/mol. The van der Waals surface area contributed by atoms with Crippen LogP contribution in [0.15, 0.2) is 41.8 Å². The van der Waals surface area contributed by atoms with Crippen molar-refractivity contribution in [3.8, 4) is 5.75 Å². The van der Waals surface area contributed by atoms with Crippen LogP contribution in [0, 0.1) is 12.8 Å². The fourth-order valence-electron chi connectivity index (χ4n) is 4.59. The first-order chi connectivity index (χ1) is 12.8. The molecule has 0 saturated carbocycles. The lowest BCUT2D eigenvalue weighted by Gasteiger charge is -2.37.